The van der Waals surface area contributed by atoms with Gasteiger partial charge in [-0.3, -0.25) is 14.5 Å². The zero-order valence-electron chi connectivity index (χ0n) is 7.87. The van der Waals surface area contributed by atoms with Crippen molar-refractivity contribution in [3.8, 4) is 0 Å². The third-order valence-corrected chi connectivity index (χ3v) is 2.16. The van der Waals surface area contributed by atoms with Crippen molar-refractivity contribution in [2.45, 2.75) is 11.7 Å². The van der Waals surface area contributed by atoms with Crippen molar-refractivity contribution in [2.24, 2.45) is 0 Å². The predicted molar refractivity (Wildman–Crippen MR) is 48.0 cm³/mol. The lowest BCUT2D eigenvalue weighted by atomic mass is 10.4. The molecule has 1 aliphatic rings. The topological polar surface area (TPSA) is 49.4 Å². The Balaban J connectivity index is 2.54. The second-order valence-corrected chi connectivity index (χ2v) is 3.25. The zero-order valence-corrected chi connectivity index (χ0v) is 7.69. The summed E-state index contributed by atoms with van der Waals surface area (Å²) >= 11 is 0.699. The van der Waals surface area contributed by atoms with Crippen molar-refractivity contribution < 1.29 is 9.59 Å². The van der Waals surface area contributed by atoms with Gasteiger partial charge in [-0.05, 0) is 7.05 Å². The summed E-state index contributed by atoms with van der Waals surface area (Å²) in [5.41, 5.74) is 0. The summed E-state index contributed by atoms with van der Waals surface area (Å²) in [5.74, 6) is -0.384. The number of amides is 2. The molecule has 1 unspecified atom stereocenters. The van der Waals surface area contributed by atoms with E-state index in [-0.39, 0.29) is 18.2 Å². The van der Waals surface area contributed by atoms with E-state index in [4.69, 9.17) is 1.12 Å². The number of carbonyl (C=O) groups is 2. The summed E-state index contributed by atoms with van der Waals surface area (Å²) < 4.78 is 6.99. The molecule has 0 aromatic rings. The van der Waals surface area contributed by atoms with Gasteiger partial charge in [0.1, 0.15) is 1.12 Å². The number of hydrogen-bond donors (Lipinski definition) is 2. The molecule has 0 aliphatic carbocycles. The first kappa shape index (κ1) is 8.07. The van der Waals surface area contributed by atoms with Crippen LogP contribution in [0.25, 0.3) is 0 Å². The molecule has 1 heterocycles. The summed E-state index contributed by atoms with van der Waals surface area (Å²) in [7, 11) is 1.77. The average Bonchev–Trinajstić information content (AvgIpc) is 2.39. The lowest BCUT2D eigenvalue weighted by molar-refractivity contribution is -0.138. The quantitative estimate of drug-likeness (QED) is 0.452. The van der Waals surface area contributed by atoms with Gasteiger partial charge in [0, 0.05) is 19.5 Å². The fraction of sp³-hybridized carbons (Fsp3) is 0.714. The molecule has 5 heteroatoms. The van der Waals surface area contributed by atoms with E-state index in [0.29, 0.717) is 25.6 Å². The second kappa shape index (κ2) is 3.91. The standard InChI is InChI=1S/C7H12N2O2S/c1-8-2-3-9-6(10)4-5(12)7(9)11/h5,8,12H,2-4H2,1H3/i/hD. The summed E-state index contributed by atoms with van der Waals surface area (Å²) in [6.07, 6.45) is 0.177. The molecule has 68 valence electrons. The van der Waals surface area contributed by atoms with Gasteiger partial charge in [-0.15, -0.1) is 0 Å². The zero-order chi connectivity index (χ0) is 9.84. The number of thiol groups is 1. The summed E-state index contributed by atoms with van der Waals surface area (Å²) in [5, 5.41) is 2.39. The lowest BCUT2D eigenvalue weighted by Crippen LogP contribution is -2.36. The SMILES string of the molecule is [2H]SC1CC(=O)N(CCNC)C1=O. The molecule has 1 atom stereocenters. The third-order valence-electron chi connectivity index (χ3n) is 1.79. The van der Waals surface area contributed by atoms with Crippen LogP contribution in [-0.4, -0.2) is 43.2 Å². The number of rotatable bonds is 4. The van der Waals surface area contributed by atoms with Crippen molar-refractivity contribution in [1.82, 2.24) is 10.2 Å². The van der Waals surface area contributed by atoms with Crippen LogP contribution in [0.15, 0.2) is 0 Å². The van der Waals surface area contributed by atoms with Gasteiger partial charge in [0.2, 0.25) is 11.8 Å². The number of likely N-dealkylation sites (N-methyl/N-ethyl adjacent to an activating group) is 1. The molecular formula is C7H12N2O2S. The summed E-state index contributed by atoms with van der Waals surface area (Å²) in [4.78, 5) is 23.9. The molecule has 1 rings (SSSR count). The molecule has 0 bridgehead atoms. The summed E-state index contributed by atoms with van der Waals surface area (Å²) in [6, 6.07) is 0. The smallest absolute Gasteiger partial charge is 0.242 e. The van der Waals surface area contributed by atoms with Crippen molar-refractivity contribution in [2.75, 3.05) is 20.1 Å². The number of nitrogens with one attached hydrogen (secondary N) is 1. The summed E-state index contributed by atoms with van der Waals surface area (Å²) in [6.45, 7) is 1.01. The highest BCUT2D eigenvalue weighted by Gasteiger charge is 2.35. The van der Waals surface area contributed by atoms with Crippen LogP contribution in [0.2, 0.25) is 0 Å². The van der Waals surface area contributed by atoms with E-state index in [9.17, 15) is 9.59 Å². The largest absolute Gasteiger partial charge is 0.318 e. The van der Waals surface area contributed by atoms with Gasteiger partial charge < -0.3 is 5.32 Å². The van der Waals surface area contributed by atoms with Crippen LogP contribution in [0, 0.1) is 0 Å². The molecule has 0 spiro atoms. The van der Waals surface area contributed by atoms with Crippen LogP contribution in [-0.2, 0) is 9.59 Å². The van der Waals surface area contributed by atoms with E-state index in [1.54, 1.807) is 7.05 Å². The number of hydrogen-bond acceptors (Lipinski definition) is 4. The van der Waals surface area contributed by atoms with E-state index in [2.05, 4.69) is 5.32 Å². The highest BCUT2D eigenvalue weighted by atomic mass is 32.1. The normalized spacial score (nSPS) is 24.9. The first-order valence-corrected chi connectivity index (χ1v) is 4.28. The average molecular weight is 189 g/mol. The third kappa shape index (κ3) is 1.78. The van der Waals surface area contributed by atoms with E-state index in [0.717, 1.165) is 0 Å². The minimum absolute atomic E-state index is 0.162. The molecule has 0 radical (unpaired) electrons. The Labute approximate surface area is 77.8 Å². The van der Waals surface area contributed by atoms with E-state index in [1.165, 1.54) is 4.90 Å². The van der Waals surface area contributed by atoms with Crippen LogP contribution < -0.4 is 5.32 Å². The maximum atomic E-state index is 11.4. The molecule has 2 amide bonds. The van der Waals surface area contributed by atoms with E-state index >= 15 is 0 Å². The highest BCUT2D eigenvalue weighted by molar-refractivity contribution is 7.81. The Morgan fingerprint density at radius 2 is 2.58 bits per heavy atom. The Bertz CT molecular complexity index is 225. The van der Waals surface area contributed by atoms with Gasteiger partial charge in [-0.2, -0.15) is 12.5 Å². The van der Waals surface area contributed by atoms with Gasteiger partial charge in [0.05, 0.1) is 5.25 Å². The first-order chi connectivity index (χ1) is 6.20. The minimum Gasteiger partial charge on any atom is -0.318 e. The molecule has 0 aromatic heterocycles. The van der Waals surface area contributed by atoms with Crippen LogP contribution >= 0.6 is 12.5 Å². The van der Waals surface area contributed by atoms with Crippen LogP contribution in [0.1, 0.15) is 6.42 Å². The molecule has 1 N–H and O–H groups in total. The molecule has 1 saturated heterocycles. The van der Waals surface area contributed by atoms with E-state index in [1.807, 2.05) is 0 Å². The van der Waals surface area contributed by atoms with Crippen LogP contribution in [0.5, 0.6) is 0 Å². The molecule has 0 aromatic carbocycles. The number of carbonyl (C=O) groups excluding carboxylic acids is 2. The second-order valence-electron chi connectivity index (χ2n) is 2.68. The van der Waals surface area contributed by atoms with Crippen molar-refractivity contribution in [3.63, 3.8) is 0 Å². The monoisotopic (exact) mass is 189 g/mol. The number of nitrogens with zero attached hydrogens (tertiary/aromatic N) is 1. The maximum Gasteiger partial charge on any atom is 0.242 e. The molecule has 4 nitrogen and oxygen atoms in total. The minimum atomic E-state index is -0.482. The lowest BCUT2D eigenvalue weighted by Gasteiger charge is -2.12. The maximum absolute atomic E-state index is 11.4. The van der Waals surface area contributed by atoms with Gasteiger partial charge >= 0.3 is 0 Å². The Kier molecular flexibility index (Phi) is 2.63. The van der Waals surface area contributed by atoms with Crippen LogP contribution in [0.4, 0.5) is 0 Å². The highest BCUT2D eigenvalue weighted by Crippen LogP contribution is 2.16. The number of likely N-dealkylation sites (tertiary alicyclic amines) is 1. The molecule has 1 fully saturated rings. The molecule has 0 saturated carbocycles. The van der Waals surface area contributed by atoms with Gasteiger partial charge in [-0.25, -0.2) is 0 Å². The van der Waals surface area contributed by atoms with Crippen molar-refractivity contribution in [3.05, 3.63) is 0 Å². The fourth-order valence-electron chi connectivity index (χ4n) is 1.11. The van der Waals surface area contributed by atoms with Crippen molar-refractivity contribution in [1.29, 1.82) is 1.12 Å². The Hall–Kier alpha value is -0.550. The first-order valence-electron chi connectivity index (χ1n) is 4.22. The fourth-order valence-corrected chi connectivity index (χ4v) is 1.38. The molecule has 1 aliphatic heterocycles. The Morgan fingerprint density at radius 3 is 3.08 bits per heavy atom. The predicted octanol–water partition coefficient (Wildman–Crippen LogP) is -0.737. The van der Waals surface area contributed by atoms with Crippen LogP contribution in [0.3, 0.4) is 0 Å². The Morgan fingerprint density at radius 1 is 1.83 bits per heavy atom. The molecule has 12 heavy (non-hydrogen) atoms. The van der Waals surface area contributed by atoms with Crippen molar-refractivity contribution >= 4 is 24.3 Å². The number of imide groups is 1. The van der Waals surface area contributed by atoms with Gasteiger partial charge in [-0.1, -0.05) is 0 Å². The molecular weight excluding hydrogens is 176 g/mol. The van der Waals surface area contributed by atoms with Gasteiger partial charge in [0.15, 0.2) is 0 Å². The van der Waals surface area contributed by atoms with E-state index < -0.39 is 5.25 Å². The van der Waals surface area contributed by atoms with Gasteiger partial charge in [0.25, 0.3) is 0 Å².